The van der Waals surface area contributed by atoms with Crippen molar-refractivity contribution in [3.63, 3.8) is 0 Å². The Hall–Kier alpha value is -0.800. The zero-order valence-electron chi connectivity index (χ0n) is 14.1. The Morgan fingerprint density at radius 2 is 2.24 bits per heavy atom. The molecule has 2 rings (SSSR count). The van der Waals surface area contributed by atoms with E-state index in [0.717, 1.165) is 24.6 Å². The Labute approximate surface area is 130 Å². The summed E-state index contributed by atoms with van der Waals surface area (Å²) < 4.78 is 5.45. The number of hydrogen-bond acceptors (Lipinski definition) is 3. The number of nitrogens with zero attached hydrogens (tertiary/aromatic N) is 1. The van der Waals surface area contributed by atoms with Gasteiger partial charge in [-0.25, -0.2) is 0 Å². The summed E-state index contributed by atoms with van der Waals surface area (Å²) in [5.74, 6) is 1.83. The zero-order valence-corrected chi connectivity index (χ0v) is 14.1. The molecule has 1 aromatic rings. The molecule has 0 aromatic carbocycles. The van der Waals surface area contributed by atoms with Crippen molar-refractivity contribution < 1.29 is 4.42 Å². The van der Waals surface area contributed by atoms with E-state index in [2.05, 4.69) is 44.0 Å². The third kappa shape index (κ3) is 4.33. The fraction of sp³-hybridized carbons (Fsp3) is 0.778. The van der Waals surface area contributed by atoms with E-state index >= 15 is 0 Å². The second-order valence-electron chi connectivity index (χ2n) is 6.65. The molecular formula is C18H32N2O. The van der Waals surface area contributed by atoms with Crippen LogP contribution >= 0.6 is 0 Å². The van der Waals surface area contributed by atoms with Gasteiger partial charge in [0.2, 0.25) is 0 Å². The lowest BCUT2D eigenvalue weighted by molar-refractivity contribution is 0.0495. The van der Waals surface area contributed by atoms with Crippen molar-refractivity contribution in [3.05, 3.63) is 24.2 Å². The van der Waals surface area contributed by atoms with Gasteiger partial charge in [0.15, 0.2) is 0 Å². The first-order valence-electron chi connectivity index (χ1n) is 8.65. The van der Waals surface area contributed by atoms with Gasteiger partial charge in [-0.3, -0.25) is 4.90 Å². The molecule has 0 saturated carbocycles. The van der Waals surface area contributed by atoms with E-state index in [1.165, 1.54) is 25.8 Å². The van der Waals surface area contributed by atoms with Crippen LogP contribution in [0.2, 0.25) is 0 Å². The number of likely N-dealkylation sites (tertiary alicyclic amines) is 1. The molecule has 1 aromatic heterocycles. The maximum absolute atomic E-state index is 5.45. The third-order valence-corrected chi connectivity index (χ3v) is 5.23. The lowest BCUT2D eigenvalue weighted by atomic mass is 9.85. The average molecular weight is 292 g/mol. The highest BCUT2D eigenvalue weighted by Crippen LogP contribution is 2.26. The smallest absolute Gasteiger partial charge is 0.103 e. The molecule has 1 fully saturated rings. The molecule has 3 heteroatoms. The largest absolute Gasteiger partial charge is 0.469 e. The summed E-state index contributed by atoms with van der Waals surface area (Å²) in [5, 5.41) is 3.72. The molecule has 21 heavy (non-hydrogen) atoms. The Kier molecular flexibility index (Phi) is 6.31. The topological polar surface area (TPSA) is 28.4 Å². The van der Waals surface area contributed by atoms with E-state index in [0.29, 0.717) is 18.1 Å². The van der Waals surface area contributed by atoms with E-state index in [9.17, 15) is 0 Å². The van der Waals surface area contributed by atoms with Gasteiger partial charge in [-0.1, -0.05) is 13.8 Å². The zero-order chi connectivity index (χ0) is 15.2. The summed E-state index contributed by atoms with van der Waals surface area (Å²) in [6.45, 7) is 11.8. The third-order valence-electron chi connectivity index (χ3n) is 5.23. The van der Waals surface area contributed by atoms with Gasteiger partial charge in [0.1, 0.15) is 5.76 Å². The minimum Gasteiger partial charge on any atom is -0.469 e. The van der Waals surface area contributed by atoms with Gasteiger partial charge in [0, 0.05) is 31.1 Å². The van der Waals surface area contributed by atoms with Crippen molar-refractivity contribution in [1.29, 1.82) is 0 Å². The molecule has 0 spiro atoms. The summed E-state index contributed by atoms with van der Waals surface area (Å²) in [5.41, 5.74) is 0. The number of nitrogens with one attached hydrogen (secondary N) is 1. The highest BCUT2D eigenvalue weighted by molar-refractivity contribution is 4.99. The molecule has 4 unspecified atom stereocenters. The van der Waals surface area contributed by atoms with Crippen LogP contribution in [0.15, 0.2) is 22.8 Å². The second-order valence-corrected chi connectivity index (χ2v) is 6.65. The highest BCUT2D eigenvalue weighted by atomic mass is 16.3. The van der Waals surface area contributed by atoms with Crippen LogP contribution in [0.5, 0.6) is 0 Å². The van der Waals surface area contributed by atoms with Gasteiger partial charge in [0.05, 0.1) is 6.26 Å². The molecule has 0 radical (unpaired) electrons. The molecule has 1 saturated heterocycles. The summed E-state index contributed by atoms with van der Waals surface area (Å²) in [7, 11) is 0. The normalized spacial score (nSPS) is 28.7. The fourth-order valence-corrected chi connectivity index (χ4v) is 3.60. The molecule has 0 aliphatic carbocycles. The minimum absolute atomic E-state index is 0.625. The molecule has 1 aliphatic rings. The average Bonchev–Trinajstić information content (AvgIpc) is 3.00. The molecular weight excluding hydrogens is 260 g/mol. The first-order chi connectivity index (χ1) is 10.1. The monoisotopic (exact) mass is 292 g/mol. The number of hydrogen-bond donors (Lipinski definition) is 1. The number of rotatable bonds is 7. The minimum atomic E-state index is 0.625. The van der Waals surface area contributed by atoms with Crippen molar-refractivity contribution in [2.24, 2.45) is 5.92 Å². The summed E-state index contributed by atoms with van der Waals surface area (Å²) in [6, 6.07) is 6.03. The molecule has 1 N–H and O–H groups in total. The van der Waals surface area contributed by atoms with Gasteiger partial charge < -0.3 is 9.73 Å². The predicted molar refractivity (Wildman–Crippen MR) is 88.5 cm³/mol. The summed E-state index contributed by atoms with van der Waals surface area (Å²) in [4.78, 5) is 2.69. The maximum Gasteiger partial charge on any atom is 0.103 e. The van der Waals surface area contributed by atoms with Crippen molar-refractivity contribution in [3.8, 4) is 0 Å². The quantitative estimate of drug-likeness (QED) is 0.830. The second kappa shape index (κ2) is 8.00. The standard InChI is InChI=1S/C18H32N2O/c1-5-11-19-18-10-12-20(16(4)15(18)3)14(2)8-9-17-7-6-13-21-17/h6-7,13-16,18-19H,5,8-12H2,1-4H3. The first-order valence-corrected chi connectivity index (χ1v) is 8.65. The van der Waals surface area contributed by atoms with Gasteiger partial charge in [-0.15, -0.1) is 0 Å². The van der Waals surface area contributed by atoms with E-state index in [-0.39, 0.29) is 0 Å². The summed E-state index contributed by atoms with van der Waals surface area (Å²) >= 11 is 0. The number of piperidine rings is 1. The number of aryl methyl sites for hydroxylation is 1. The van der Waals surface area contributed by atoms with Crippen molar-refractivity contribution in [1.82, 2.24) is 10.2 Å². The lowest BCUT2D eigenvalue weighted by Gasteiger charge is -2.46. The Morgan fingerprint density at radius 1 is 1.43 bits per heavy atom. The maximum atomic E-state index is 5.45. The van der Waals surface area contributed by atoms with E-state index < -0.39 is 0 Å². The van der Waals surface area contributed by atoms with Crippen LogP contribution in [0, 0.1) is 5.92 Å². The summed E-state index contributed by atoms with van der Waals surface area (Å²) in [6.07, 6.45) is 6.49. The van der Waals surface area contributed by atoms with E-state index in [1.54, 1.807) is 6.26 Å². The van der Waals surface area contributed by atoms with E-state index in [4.69, 9.17) is 4.42 Å². The molecule has 1 aliphatic heterocycles. The predicted octanol–water partition coefficient (Wildman–Crippen LogP) is 3.70. The van der Waals surface area contributed by atoms with Crippen LogP contribution in [0.1, 0.15) is 52.7 Å². The molecule has 0 amide bonds. The Morgan fingerprint density at radius 3 is 2.90 bits per heavy atom. The van der Waals surface area contributed by atoms with Gasteiger partial charge in [-0.2, -0.15) is 0 Å². The number of furan rings is 1. The molecule has 120 valence electrons. The Balaban J connectivity index is 1.83. The molecule has 0 bridgehead atoms. The lowest BCUT2D eigenvalue weighted by Crippen LogP contribution is -2.55. The van der Waals surface area contributed by atoms with Crippen LogP contribution in [0.25, 0.3) is 0 Å². The van der Waals surface area contributed by atoms with Crippen molar-refractivity contribution in [2.45, 2.75) is 71.5 Å². The molecule has 2 heterocycles. The fourth-order valence-electron chi connectivity index (χ4n) is 3.60. The van der Waals surface area contributed by atoms with Crippen molar-refractivity contribution in [2.75, 3.05) is 13.1 Å². The van der Waals surface area contributed by atoms with Gasteiger partial charge in [0.25, 0.3) is 0 Å². The van der Waals surface area contributed by atoms with E-state index in [1.807, 2.05) is 6.07 Å². The van der Waals surface area contributed by atoms with Gasteiger partial charge >= 0.3 is 0 Å². The highest BCUT2D eigenvalue weighted by Gasteiger charge is 2.33. The van der Waals surface area contributed by atoms with Crippen LogP contribution in [0.4, 0.5) is 0 Å². The van der Waals surface area contributed by atoms with Crippen LogP contribution in [-0.2, 0) is 6.42 Å². The van der Waals surface area contributed by atoms with Crippen LogP contribution in [0.3, 0.4) is 0 Å². The van der Waals surface area contributed by atoms with Crippen LogP contribution < -0.4 is 5.32 Å². The SMILES string of the molecule is CCCNC1CCN(C(C)CCc2ccco2)C(C)C1C. The van der Waals surface area contributed by atoms with Gasteiger partial charge in [-0.05, 0) is 57.7 Å². The van der Waals surface area contributed by atoms with Crippen molar-refractivity contribution >= 4 is 0 Å². The Bertz CT molecular complexity index is 390. The molecule has 3 nitrogen and oxygen atoms in total. The first kappa shape index (κ1) is 16.6. The van der Waals surface area contributed by atoms with Crippen LogP contribution in [-0.4, -0.2) is 36.1 Å². The molecule has 4 atom stereocenters.